The lowest BCUT2D eigenvalue weighted by Crippen LogP contribution is -2.43. The normalized spacial score (nSPS) is 15.4. The summed E-state index contributed by atoms with van der Waals surface area (Å²) in [6, 6.07) is 19.0. The molecule has 2 aromatic carbocycles. The van der Waals surface area contributed by atoms with Crippen molar-refractivity contribution < 1.29 is 4.79 Å². The molecule has 4 aromatic rings. The van der Waals surface area contributed by atoms with E-state index in [1.807, 2.05) is 31.2 Å². The van der Waals surface area contributed by atoms with Gasteiger partial charge in [-0.05, 0) is 54.9 Å². The summed E-state index contributed by atoms with van der Waals surface area (Å²) in [7, 11) is 2.20. The van der Waals surface area contributed by atoms with Crippen molar-refractivity contribution in [2.75, 3.05) is 45.1 Å². The predicted molar refractivity (Wildman–Crippen MR) is 154 cm³/mol. The highest BCUT2D eigenvalue weighted by atomic mass is 32.1. The van der Waals surface area contributed by atoms with Crippen LogP contribution in [0.1, 0.15) is 27.1 Å². The standard InChI is InChI=1S/C30H34N6OS/c1-20-4-3-5-23(14-20)32-28(37)18-31-17-24-7-9-27(38-24)30-26-16-22-15-21(6-8-25(22)29(26)33-34-30)19-36-12-10-35(2)11-13-36/h3-9,14-15,31H,10-13,16-19H2,1-2H3,(H,32,37)(H,33,34). The third-order valence-corrected chi connectivity index (χ3v) is 8.55. The lowest BCUT2D eigenvalue weighted by Gasteiger charge is -2.32. The molecule has 7 nitrogen and oxygen atoms in total. The lowest BCUT2D eigenvalue weighted by molar-refractivity contribution is -0.115. The second-order valence-electron chi connectivity index (χ2n) is 10.5. The largest absolute Gasteiger partial charge is 0.325 e. The molecule has 38 heavy (non-hydrogen) atoms. The molecule has 1 saturated heterocycles. The fraction of sp³-hybridized carbons (Fsp3) is 0.333. The van der Waals surface area contributed by atoms with E-state index in [1.54, 1.807) is 11.3 Å². The Balaban J connectivity index is 1.06. The van der Waals surface area contributed by atoms with Crippen molar-refractivity contribution in [3.63, 3.8) is 0 Å². The number of rotatable bonds is 8. The second kappa shape index (κ2) is 10.8. The van der Waals surface area contributed by atoms with Gasteiger partial charge in [-0.15, -0.1) is 11.3 Å². The van der Waals surface area contributed by atoms with Crippen LogP contribution in [0.3, 0.4) is 0 Å². The van der Waals surface area contributed by atoms with Crippen LogP contribution >= 0.6 is 11.3 Å². The lowest BCUT2D eigenvalue weighted by atomic mass is 10.0. The van der Waals surface area contributed by atoms with Gasteiger partial charge in [0.05, 0.1) is 17.1 Å². The van der Waals surface area contributed by atoms with Crippen LogP contribution in [-0.4, -0.2) is 65.7 Å². The Bertz CT molecular complexity index is 1450. The van der Waals surface area contributed by atoms with Gasteiger partial charge in [0.1, 0.15) is 5.69 Å². The van der Waals surface area contributed by atoms with Crippen LogP contribution in [0.4, 0.5) is 5.69 Å². The molecule has 0 bridgehead atoms. The minimum atomic E-state index is -0.0396. The van der Waals surface area contributed by atoms with Gasteiger partial charge in [0.2, 0.25) is 5.91 Å². The van der Waals surface area contributed by atoms with Crippen LogP contribution in [0.5, 0.6) is 0 Å². The van der Waals surface area contributed by atoms with E-state index in [0.717, 1.165) is 66.7 Å². The second-order valence-corrected chi connectivity index (χ2v) is 11.6. The van der Waals surface area contributed by atoms with Gasteiger partial charge in [-0.25, -0.2) is 0 Å². The average molecular weight is 527 g/mol. The van der Waals surface area contributed by atoms with E-state index in [-0.39, 0.29) is 12.5 Å². The quantitative estimate of drug-likeness (QED) is 0.278. The highest BCUT2D eigenvalue weighted by molar-refractivity contribution is 7.15. The number of aromatic nitrogens is 2. The third-order valence-electron chi connectivity index (χ3n) is 7.46. The Kier molecular flexibility index (Phi) is 7.12. The molecule has 0 spiro atoms. The van der Waals surface area contributed by atoms with Crippen molar-refractivity contribution in [1.82, 2.24) is 25.3 Å². The smallest absolute Gasteiger partial charge is 0.238 e. The third kappa shape index (κ3) is 5.44. The Labute approximate surface area is 227 Å². The van der Waals surface area contributed by atoms with E-state index >= 15 is 0 Å². The van der Waals surface area contributed by atoms with Crippen LogP contribution in [0, 0.1) is 6.92 Å². The molecule has 1 aliphatic heterocycles. The van der Waals surface area contributed by atoms with Gasteiger partial charge >= 0.3 is 0 Å². The van der Waals surface area contributed by atoms with Crippen molar-refractivity contribution in [2.45, 2.75) is 26.4 Å². The summed E-state index contributed by atoms with van der Waals surface area (Å²) < 4.78 is 0. The molecule has 3 N–H and O–H groups in total. The van der Waals surface area contributed by atoms with Gasteiger partial charge in [0.15, 0.2) is 0 Å². The van der Waals surface area contributed by atoms with Crippen molar-refractivity contribution in [3.8, 4) is 21.8 Å². The van der Waals surface area contributed by atoms with E-state index in [9.17, 15) is 4.79 Å². The van der Waals surface area contributed by atoms with Gasteiger partial charge < -0.3 is 15.5 Å². The monoisotopic (exact) mass is 526 g/mol. The van der Waals surface area contributed by atoms with Gasteiger partial charge in [-0.3, -0.25) is 14.8 Å². The van der Waals surface area contributed by atoms with E-state index in [2.05, 4.69) is 62.9 Å². The minimum absolute atomic E-state index is 0.0396. The summed E-state index contributed by atoms with van der Waals surface area (Å²) in [6.07, 6.45) is 0.914. The average Bonchev–Trinajstić information content (AvgIpc) is 3.61. The number of hydrogen-bond acceptors (Lipinski definition) is 6. The molecule has 1 amide bonds. The molecule has 0 radical (unpaired) electrons. The first kappa shape index (κ1) is 25.0. The number of aryl methyl sites for hydroxylation is 1. The summed E-state index contributed by atoms with van der Waals surface area (Å²) in [5.74, 6) is -0.0396. The zero-order valence-electron chi connectivity index (χ0n) is 22.0. The van der Waals surface area contributed by atoms with E-state index in [0.29, 0.717) is 6.54 Å². The molecular weight excluding hydrogens is 492 g/mol. The number of carbonyl (C=O) groups is 1. The molecule has 2 aromatic heterocycles. The number of likely N-dealkylation sites (N-methyl/N-ethyl adjacent to an activating group) is 1. The SMILES string of the molecule is Cc1cccc(NC(=O)CNCc2ccc(-c3n[nH]c4c3Cc3cc(CN5CCN(C)CC5)ccc3-4)s2)c1. The number of aromatic amines is 1. The maximum atomic E-state index is 12.3. The zero-order chi connectivity index (χ0) is 26.1. The summed E-state index contributed by atoms with van der Waals surface area (Å²) in [5.41, 5.74) is 9.50. The number of nitrogens with zero attached hydrogens (tertiary/aromatic N) is 3. The first-order valence-corrected chi connectivity index (χ1v) is 14.1. The number of nitrogens with one attached hydrogen (secondary N) is 3. The fourth-order valence-electron chi connectivity index (χ4n) is 5.38. The predicted octanol–water partition coefficient (Wildman–Crippen LogP) is 4.49. The molecule has 3 heterocycles. The topological polar surface area (TPSA) is 76.3 Å². The number of anilines is 1. The van der Waals surface area contributed by atoms with E-state index in [1.165, 1.54) is 27.1 Å². The molecule has 8 heteroatoms. The molecule has 196 valence electrons. The molecule has 0 saturated carbocycles. The Morgan fingerprint density at radius 3 is 2.79 bits per heavy atom. The van der Waals surface area contributed by atoms with Gasteiger partial charge in [-0.2, -0.15) is 5.10 Å². The number of thiophene rings is 1. The van der Waals surface area contributed by atoms with Gasteiger partial charge in [-0.1, -0.05) is 30.3 Å². The van der Waals surface area contributed by atoms with Crippen molar-refractivity contribution in [1.29, 1.82) is 0 Å². The Morgan fingerprint density at radius 2 is 1.95 bits per heavy atom. The van der Waals surface area contributed by atoms with E-state index < -0.39 is 0 Å². The molecule has 2 aliphatic rings. The highest BCUT2D eigenvalue weighted by Gasteiger charge is 2.26. The minimum Gasteiger partial charge on any atom is -0.325 e. The number of piperazine rings is 1. The van der Waals surface area contributed by atoms with Crippen LogP contribution < -0.4 is 10.6 Å². The number of fused-ring (bicyclic) bond motifs is 3. The summed E-state index contributed by atoms with van der Waals surface area (Å²) in [5, 5.41) is 14.2. The summed E-state index contributed by atoms with van der Waals surface area (Å²) in [6.45, 7) is 8.50. The van der Waals surface area contributed by atoms with Gasteiger partial charge in [0.25, 0.3) is 0 Å². The number of benzene rings is 2. The van der Waals surface area contributed by atoms with Gasteiger partial charge in [0, 0.05) is 67.4 Å². The molecule has 0 atom stereocenters. The summed E-state index contributed by atoms with van der Waals surface area (Å²) in [4.78, 5) is 19.6. The fourth-order valence-corrected chi connectivity index (χ4v) is 6.38. The number of hydrogen-bond donors (Lipinski definition) is 3. The Morgan fingerprint density at radius 1 is 1.08 bits per heavy atom. The maximum Gasteiger partial charge on any atom is 0.238 e. The zero-order valence-corrected chi connectivity index (χ0v) is 22.8. The van der Waals surface area contributed by atoms with Crippen LogP contribution in [0.2, 0.25) is 0 Å². The molecule has 6 rings (SSSR count). The van der Waals surface area contributed by atoms with Crippen molar-refractivity contribution in [2.24, 2.45) is 0 Å². The maximum absolute atomic E-state index is 12.3. The first-order valence-electron chi connectivity index (χ1n) is 13.3. The van der Waals surface area contributed by atoms with E-state index in [4.69, 9.17) is 5.10 Å². The Hall–Kier alpha value is -3.30. The molecule has 0 unspecified atom stereocenters. The molecule has 1 aliphatic carbocycles. The van der Waals surface area contributed by atoms with Crippen molar-refractivity contribution >= 4 is 22.9 Å². The molecule has 1 fully saturated rings. The van der Waals surface area contributed by atoms with Crippen LogP contribution in [0.15, 0.2) is 54.6 Å². The number of carbonyl (C=O) groups excluding carboxylic acids is 1. The van der Waals surface area contributed by atoms with Crippen LogP contribution in [-0.2, 0) is 24.3 Å². The van der Waals surface area contributed by atoms with Crippen molar-refractivity contribution in [3.05, 3.63) is 81.7 Å². The van der Waals surface area contributed by atoms with Crippen LogP contribution in [0.25, 0.3) is 21.8 Å². The molecular formula is C30H34N6OS. The summed E-state index contributed by atoms with van der Waals surface area (Å²) >= 11 is 1.73. The first-order chi connectivity index (χ1) is 18.5. The number of amides is 1. The highest BCUT2D eigenvalue weighted by Crippen LogP contribution is 2.42. The number of H-pyrrole nitrogens is 1.